The quantitative estimate of drug-likeness (QED) is 0.452. The molecule has 0 fully saturated rings. The van der Waals surface area contributed by atoms with E-state index < -0.39 is 0 Å². The molecule has 4 aromatic rings. The molecule has 0 spiro atoms. The first-order valence-electron chi connectivity index (χ1n) is 9.37. The summed E-state index contributed by atoms with van der Waals surface area (Å²) < 4.78 is 0. The standard InChI is InChI=1S/C22H18ClN5OS/c1-2-14-8-10-15(11-9-14)21(29)25-22(30)24-18-13-20-19(12-17(18)23)26-28(27-20)16-6-4-3-5-7-16/h3-13H,2H2,1H3,(H2,24,25,29,30). The van der Waals surface area contributed by atoms with Gasteiger partial charge in [0.05, 0.1) is 16.4 Å². The molecule has 0 saturated heterocycles. The second-order valence-electron chi connectivity index (χ2n) is 6.60. The lowest BCUT2D eigenvalue weighted by Gasteiger charge is -2.11. The van der Waals surface area contributed by atoms with E-state index in [0.717, 1.165) is 17.7 Å². The van der Waals surface area contributed by atoms with Crippen LogP contribution >= 0.6 is 23.8 Å². The number of anilines is 1. The first kappa shape index (κ1) is 20.0. The normalized spacial score (nSPS) is 10.7. The molecule has 0 bridgehead atoms. The van der Waals surface area contributed by atoms with Gasteiger partial charge in [0.25, 0.3) is 5.91 Å². The third-order valence-corrected chi connectivity index (χ3v) is 5.07. The molecule has 0 aliphatic carbocycles. The van der Waals surface area contributed by atoms with E-state index in [4.69, 9.17) is 23.8 Å². The van der Waals surface area contributed by atoms with Crippen LogP contribution in [0.5, 0.6) is 0 Å². The monoisotopic (exact) mass is 435 g/mol. The Labute approximate surface area is 183 Å². The molecule has 0 radical (unpaired) electrons. The highest BCUT2D eigenvalue weighted by Crippen LogP contribution is 2.27. The topological polar surface area (TPSA) is 71.8 Å². The molecule has 2 N–H and O–H groups in total. The van der Waals surface area contributed by atoms with Crippen molar-refractivity contribution in [3.63, 3.8) is 0 Å². The number of rotatable bonds is 4. The van der Waals surface area contributed by atoms with E-state index in [1.807, 2.05) is 42.5 Å². The van der Waals surface area contributed by atoms with Gasteiger partial charge in [-0.05, 0) is 60.6 Å². The van der Waals surface area contributed by atoms with Gasteiger partial charge in [-0.15, -0.1) is 10.2 Å². The molecule has 0 unspecified atom stereocenters. The first-order valence-corrected chi connectivity index (χ1v) is 10.2. The molecule has 0 aliphatic heterocycles. The van der Waals surface area contributed by atoms with Gasteiger partial charge in [-0.1, -0.05) is 48.9 Å². The maximum absolute atomic E-state index is 12.4. The van der Waals surface area contributed by atoms with Crippen LogP contribution in [0.15, 0.2) is 66.7 Å². The second kappa shape index (κ2) is 8.61. The molecule has 3 aromatic carbocycles. The smallest absolute Gasteiger partial charge is 0.257 e. The van der Waals surface area contributed by atoms with Crippen molar-refractivity contribution in [3.8, 4) is 5.69 Å². The Kier molecular flexibility index (Phi) is 5.74. The number of hydrogen-bond donors (Lipinski definition) is 2. The van der Waals surface area contributed by atoms with Crippen LogP contribution in [-0.4, -0.2) is 26.0 Å². The van der Waals surface area contributed by atoms with Crippen LogP contribution in [-0.2, 0) is 6.42 Å². The summed E-state index contributed by atoms with van der Waals surface area (Å²) in [6.45, 7) is 2.06. The Morgan fingerprint density at radius 1 is 1.03 bits per heavy atom. The number of fused-ring (bicyclic) bond motifs is 1. The number of halogens is 1. The van der Waals surface area contributed by atoms with E-state index in [0.29, 0.717) is 27.3 Å². The van der Waals surface area contributed by atoms with Gasteiger partial charge in [-0.25, -0.2) is 0 Å². The predicted octanol–water partition coefficient (Wildman–Crippen LogP) is 4.76. The van der Waals surface area contributed by atoms with Crippen LogP contribution in [0.25, 0.3) is 16.7 Å². The summed E-state index contributed by atoms with van der Waals surface area (Å²) in [5.41, 5.74) is 4.38. The average molecular weight is 436 g/mol. The molecule has 0 aliphatic rings. The largest absolute Gasteiger partial charge is 0.331 e. The highest BCUT2D eigenvalue weighted by Gasteiger charge is 2.12. The molecule has 1 heterocycles. The number of aromatic nitrogens is 3. The Balaban J connectivity index is 1.50. The summed E-state index contributed by atoms with van der Waals surface area (Å²) in [5, 5.41) is 15.2. The minimum Gasteiger partial charge on any atom is -0.331 e. The molecule has 1 amide bonds. The van der Waals surface area contributed by atoms with Gasteiger partial charge >= 0.3 is 0 Å². The van der Waals surface area contributed by atoms with Gasteiger partial charge in [-0.2, -0.15) is 4.80 Å². The van der Waals surface area contributed by atoms with Gasteiger partial charge in [0.15, 0.2) is 5.11 Å². The zero-order chi connectivity index (χ0) is 21.1. The van der Waals surface area contributed by atoms with Crippen LogP contribution in [0.1, 0.15) is 22.8 Å². The molecule has 0 atom stereocenters. The molecular formula is C22H18ClN5OS. The number of carbonyl (C=O) groups is 1. The third-order valence-electron chi connectivity index (χ3n) is 4.56. The van der Waals surface area contributed by atoms with Crippen molar-refractivity contribution in [3.05, 3.63) is 82.9 Å². The van der Waals surface area contributed by atoms with Gasteiger partial charge in [0, 0.05) is 5.56 Å². The van der Waals surface area contributed by atoms with Gasteiger partial charge < -0.3 is 5.32 Å². The summed E-state index contributed by atoms with van der Waals surface area (Å²) in [6, 6.07) is 20.4. The van der Waals surface area contributed by atoms with Crippen molar-refractivity contribution in [2.75, 3.05) is 5.32 Å². The van der Waals surface area contributed by atoms with E-state index in [9.17, 15) is 4.79 Å². The summed E-state index contributed by atoms with van der Waals surface area (Å²) in [5.74, 6) is -0.289. The van der Waals surface area contributed by atoms with E-state index in [2.05, 4.69) is 27.8 Å². The number of carbonyl (C=O) groups excluding carboxylic acids is 1. The number of thiocarbonyl (C=S) groups is 1. The minimum atomic E-state index is -0.289. The highest BCUT2D eigenvalue weighted by molar-refractivity contribution is 7.80. The lowest BCUT2D eigenvalue weighted by molar-refractivity contribution is 0.0977. The number of hydrogen-bond acceptors (Lipinski definition) is 4. The van der Waals surface area contributed by atoms with Gasteiger partial charge in [-0.3, -0.25) is 10.1 Å². The number of nitrogens with one attached hydrogen (secondary N) is 2. The van der Waals surface area contributed by atoms with Crippen LogP contribution in [0.4, 0.5) is 5.69 Å². The van der Waals surface area contributed by atoms with Crippen molar-refractivity contribution in [2.45, 2.75) is 13.3 Å². The van der Waals surface area contributed by atoms with E-state index in [1.54, 1.807) is 29.1 Å². The van der Waals surface area contributed by atoms with Crippen LogP contribution < -0.4 is 10.6 Å². The Morgan fingerprint density at radius 2 is 1.70 bits per heavy atom. The summed E-state index contributed by atoms with van der Waals surface area (Å²) >= 11 is 11.7. The minimum absolute atomic E-state index is 0.149. The zero-order valence-electron chi connectivity index (χ0n) is 16.1. The zero-order valence-corrected chi connectivity index (χ0v) is 17.7. The lowest BCUT2D eigenvalue weighted by atomic mass is 10.1. The van der Waals surface area contributed by atoms with Crippen LogP contribution in [0, 0.1) is 0 Å². The van der Waals surface area contributed by atoms with Gasteiger partial charge in [0.2, 0.25) is 0 Å². The Hall–Kier alpha value is -3.29. The van der Waals surface area contributed by atoms with Gasteiger partial charge in [0.1, 0.15) is 11.0 Å². The van der Waals surface area contributed by atoms with Crippen molar-refractivity contribution in [1.82, 2.24) is 20.3 Å². The van der Waals surface area contributed by atoms with Crippen LogP contribution in [0.2, 0.25) is 5.02 Å². The van der Waals surface area contributed by atoms with Crippen LogP contribution in [0.3, 0.4) is 0 Å². The molecule has 6 nitrogen and oxygen atoms in total. The molecule has 30 heavy (non-hydrogen) atoms. The molecule has 8 heteroatoms. The Morgan fingerprint density at radius 3 is 2.37 bits per heavy atom. The van der Waals surface area contributed by atoms with E-state index >= 15 is 0 Å². The number of benzene rings is 3. The number of aryl methyl sites for hydroxylation is 1. The van der Waals surface area contributed by atoms with Crippen molar-refractivity contribution < 1.29 is 4.79 Å². The predicted molar refractivity (Wildman–Crippen MR) is 123 cm³/mol. The third kappa shape index (κ3) is 4.32. The maximum atomic E-state index is 12.4. The number of nitrogens with zero attached hydrogens (tertiary/aromatic N) is 3. The van der Waals surface area contributed by atoms with E-state index in [1.165, 1.54) is 0 Å². The number of para-hydroxylation sites is 1. The van der Waals surface area contributed by atoms with E-state index in [-0.39, 0.29) is 11.0 Å². The van der Waals surface area contributed by atoms with Crippen molar-refractivity contribution in [2.24, 2.45) is 0 Å². The molecule has 4 rings (SSSR count). The average Bonchev–Trinajstić information content (AvgIpc) is 3.17. The second-order valence-corrected chi connectivity index (χ2v) is 7.42. The van der Waals surface area contributed by atoms with Crippen molar-refractivity contribution in [1.29, 1.82) is 0 Å². The SMILES string of the molecule is CCc1ccc(C(=O)NC(=S)Nc2cc3nn(-c4ccccc4)nc3cc2Cl)cc1. The summed E-state index contributed by atoms with van der Waals surface area (Å²) in [4.78, 5) is 14.0. The molecular weight excluding hydrogens is 418 g/mol. The highest BCUT2D eigenvalue weighted by atomic mass is 35.5. The summed E-state index contributed by atoms with van der Waals surface area (Å²) in [7, 11) is 0. The first-order chi connectivity index (χ1) is 14.5. The maximum Gasteiger partial charge on any atom is 0.257 e. The lowest BCUT2D eigenvalue weighted by Crippen LogP contribution is -2.34. The fraction of sp³-hybridized carbons (Fsp3) is 0.0909. The summed E-state index contributed by atoms with van der Waals surface area (Å²) in [6.07, 6.45) is 0.914. The molecule has 0 saturated carbocycles. The Bertz CT molecular complexity index is 1220. The fourth-order valence-corrected chi connectivity index (χ4v) is 3.34. The molecule has 150 valence electrons. The van der Waals surface area contributed by atoms with Crippen molar-refractivity contribution >= 4 is 51.6 Å². The molecule has 1 aromatic heterocycles. The fourth-order valence-electron chi connectivity index (χ4n) is 2.93. The number of amides is 1.